The van der Waals surface area contributed by atoms with E-state index < -0.39 is 0 Å². The first-order valence-electron chi connectivity index (χ1n) is 11.1. The SMILES string of the molecule is COc1ccc(-c2noc(CCC(=O)Nc3nc(-c4ccc(CCNC(C)=O)cc4)cs3)n2)cc1. The molecular formula is C25H25N5O4S. The van der Waals surface area contributed by atoms with Gasteiger partial charge >= 0.3 is 0 Å². The zero-order chi connectivity index (χ0) is 24.6. The average Bonchev–Trinajstić information content (AvgIpc) is 3.53. The molecule has 2 aromatic heterocycles. The van der Waals surface area contributed by atoms with Crippen LogP contribution >= 0.6 is 11.3 Å². The smallest absolute Gasteiger partial charge is 0.227 e. The summed E-state index contributed by atoms with van der Waals surface area (Å²) in [6.45, 7) is 2.11. The lowest BCUT2D eigenvalue weighted by molar-refractivity contribution is -0.119. The maximum absolute atomic E-state index is 12.4. The molecule has 10 heteroatoms. The Hall–Kier alpha value is -4.05. The zero-order valence-electron chi connectivity index (χ0n) is 19.4. The lowest BCUT2D eigenvalue weighted by Crippen LogP contribution is -2.22. The molecule has 180 valence electrons. The van der Waals surface area contributed by atoms with Crippen LogP contribution < -0.4 is 15.4 Å². The molecule has 0 atom stereocenters. The monoisotopic (exact) mass is 491 g/mol. The summed E-state index contributed by atoms with van der Waals surface area (Å²) in [4.78, 5) is 32.2. The Balaban J connectivity index is 1.27. The number of carbonyl (C=O) groups is 2. The number of hydrogen-bond donors (Lipinski definition) is 2. The normalized spacial score (nSPS) is 10.7. The predicted molar refractivity (Wildman–Crippen MR) is 133 cm³/mol. The summed E-state index contributed by atoms with van der Waals surface area (Å²) in [6, 6.07) is 15.3. The van der Waals surface area contributed by atoms with Crippen LogP contribution in [-0.4, -0.2) is 40.6 Å². The van der Waals surface area contributed by atoms with Crippen molar-refractivity contribution in [2.24, 2.45) is 0 Å². The maximum Gasteiger partial charge on any atom is 0.227 e. The maximum atomic E-state index is 12.4. The van der Waals surface area contributed by atoms with Crippen LogP contribution in [0.4, 0.5) is 5.13 Å². The molecule has 0 aliphatic heterocycles. The van der Waals surface area contributed by atoms with E-state index in [2.05, 4.69) is 25.8 Å². The first kappa shape index (κ1) is 24.1. The van der Waals surface area contributed by atoms with E-state index in [4.69, 9.17) is 9.26 Å². The minimum absolute atomic E-state index is 0.0333. The number of aromatic nitrogens is 3. The second-order valence-corrected chi connectivity index (χ2v) is 8.61. The van der Waals surface area contributed by atoms with Gasteiger partial charge in [0.1, 0.15) is 5.75 Å². The lowest BCUT2D eigenvalue weighted by atomic mass is 10.1. The number of benzene rings is 2. The summed E-state index contributed by atoms with van der Waals surface area (Å²) >= 11 is 1.37. The van der Waals surface area contributed by atoms with Crippen LogP contribution in [0, 0.1) is 0 Å². The van der Waals surface area contributed by atoms with Gasteiger partial charge in [-0.3, -0.25) is 9.59 Å². The number of anilines is 1. The first-order valence-corrected chi connectivity index (χ1v) is 11.9. The molecule has 0 saturated carbocycles. The van der Waals surface area contributed by atoms with E-state index in [1.54, 1.807) is 7.11 Å². The third-order valence-electron chi connectivity index (χ3n) is 5.17. The van der Waals surface area contributed by atoms with E-state index in [1.165, 1.54) is 18.3 Å². The van der Waals surface area contributed by atoms with Crippen molar-refractivity contribution in [1.29, 1.82) is 0 Å². The van der Waals surface area contributed by atoms with Gasteiger partial charge in [-0.05, 0) is 36.2 Å². The fourth-order valence-electron chi connectivity index (χ4n) is 3.30. The second kappa shape index (κ2) is 11.4. The Kier molecular flexibility index (Phi) is 7.84. The molecule has 9 nitrogen and oxygen atoms in total. The molecule has 2 N–H and O–H groups in total. The van der Waals surface area contributed by atoms with Crippen LogP contribution in [0.1, 0.15) is 24.8 Å². The van der Waals surface area contributed by atoms with E-state index in [9.17, 15) is 9.59 Å². The summed E-state index contributed by atoms with van der Waals surface area (Å²) in [5.74, 6) is 1.39. The van der Waals surface area contributed by atoms with Crippen LogP contribution in [0.15, 0.2) is 58.4 Å². The Morgan fingerprint density at radius 1 is 1.00 bits per heavy atom. The first-order chi connectivity index (χ1) is 17.0. The van der Waals surface area contributed by atoms with Gasteiger partial charge in [0.05, 0.1) is 12.8 Å². The number of nitrogens with one attached hydrogen (secondary N) is 2. The quantitative estimate of drug-likeness (QED) is 0.342. The molecule has 0 fully saturated rings. The van der Waals surface area contributed by atoms with Gasteiger partial charge < -0.3 is 19.9 Å². The number of amides is 2. The van der Waals surface area contributed by atoms with Crippen molar-refractivity contribution in [3.8, 4) is 28.4 Å². The molecule has 0 saturated heterocycles. The fourth-order valence-corrected chi connectivity index (χ4v) is 4.04. The van der Waals surface area contributed by atoms with Crippen LogP contribution in [0.25, 0.3) is 22.6 Å². The lowest BCUT2D eigenvalue weighted by Gasteiger charge is -2.04. The molecule has 0 spiro atoms. The minimum Gasteiger partial charge on any atom is -0.497 e. The highest BCUT2D eigenvalue weighted by atomic mass is 32.1. The molecule has 0 unspecified atom stereocenters. The highest BCUT2D eigenvalue weighted by molar-refractivity contribution is 7.14. The molecule has 0 aliphatic rings. The molecule has 0 bridgehead atoms. The highest BCUT2D eigenvalue weighted by Crippen LogP contribution is 2.25. The topological polar surface area (TPSA) is 119 Å². The van der Waals surface area contributed by atoms with Gasteiger partial charge in [-0.1, -0.05) is 29.4 Å². The highest BCUT2D eigenvalue weighted by Gasteiger charge is 2.13. The number of nitrogens with zero attached hydrogens (tertiary/aromatic N) is 3. The molecule has 4 rings (SSSR count). The Labute approximate surface area is 206 Å². The molecule has 4 aromatic rings. The van der Waals surface area contributed by atoms with Crippen molar-refractivity contribution in [2.75, 3.05) is 19.0 Å². The Morgan fingerprint density at radius 3 is 2.46 bits per heavy atom. The van der Waals surface area contributed by atoms with E-state index in [-0.39, 0.29) is 18.2 Å². The largest absolute Gasteiger partial charge is 0.497 e. The van der Waals surface area contributed by atoms with Gasteiger partial charge in [0.25, 0.3) is 0 Å². The molecule has 0 aliphatic carbocycles. The van der Waals surface area contributed by atoms with E-state index >= 15 is 0 Å². The molecule has 2 heterocycles. The van der Waals surface area contributed by atoms with Crippen LogP contribution in [0.3, 0.4) is 0 Å². The molecule has 2 aromatic carbocycles. The number of aryl methyl sites for hydroxylation is 1. The van der Waals surface area contributed by atoms with Gasteiger partial charge in [0.15, 0.2) is 5.13 Å². The van der Waals surface area contributed by atoms with Gasteiger partial charge in [0, 0.05) is 42.8 Å². The zero-order valence-corrected chi connectivity index (χ0v) is 20.2. The van der Waals surface area contributed by atoms with Gasteiger partial charge in [0.2, 0.25) is 23.5 Å². The van der Waals surface area contributed by atoms with Crippen molar-refractivity contribution in [3.63, 3.8) is 0 Å². The Bertz CT molecular complexity index is 1280. The summed E-state index contributed by atoms with van der Waals surface area (Å²) in [7, 11) is 1.61. The molecule has 35 heavy (non-hydrogen) atoms. The molecule has 2 amide bonds. The predicted octanol–water partition coefficient (Wildman–Crippen LogP) is 4.12. The standard InChI is InChI=1S/C25H25N5O4S/c1-16(31)26-14-13-17-3-5-18(6-4-17)21-15-35-25(27-21)28-22(32)11-12-23-29-24(30-34-23)19-7-9-20(33-2)10-8-19/h3-10,15H,11-14H2,1-2H3,(H,26,31)(H,27,28,32). The second-order valence-electron chi connectivity index (χ2n) is 7.76. The van der Waals surface area contributed by atoms with Crippen LogP contribution in [0.5, 0.6) is 5.75 Å². The number of rotatable bonds is 10. The molecular weight excluding hydrogens is 466 g/mol. The van der Waals surface area contributed by atoms with Crippen molar-refractivity contribution in [2.45, 2.75) is 26.2 Å². The summed E-state index contributed by atoms with van der Waals surface area (Å²) in [5.41, 5.74) is 3.69. The summed E-state index contributed by atoms with van der Waals surface area (Å²) < 4.78 is 10.4. The number of carbonyl (C=O) groups excluding carboxylic acids is 2. The summed E-state index contributed by atoms with van der Waals surface area (Å²) in [6.07, 6.45) is 1.29. The van der Waals surface area contributed by atoms with E-state index in [1.807, 2.05) is 53.9 Å². The van der Waals surface area contributed by atoms with Crippen molar-refractivity contribution in [1.82, 2.24) is 20.4 Å². The van der Waals surface area contributed by atoms with Crippen LogP contribution in [0.2, 0.25) is 0 Å². The fraction of sp³-hybridized carbons (Fsp3) is 0.240. The minimum atomic E-state index is -0.177. The third-order valence-corrected chi connectivity index (χ3v) is 5.93. The van der Waals surface area contributed by atoms with Gasteiger partial charge in [-0.15, -0.1) is 11.3 Å². The number of methoxy groups -OCH3 is 1. The van der Waals surface area contributed by atoms with Crippen molar-refractivity contribution in [3.05, 3.63) is 65.4 Å². The van der Waals surface area contributed by atoms with Crippen molar-refractivity contribution < 1.29 is 18.8 Å². The van der Waals surface area contributed by atoms with E-state index in [0.717, 1.165) is 34.6 Å². The average molecular weight is 492 g/mol. The Morgan fingerprint density at radius 2 is 1.74 bits per heavy atom. The summed E-state index contributed by atoms with van der Waals surface area (Å²) in [5, 5.41) is 12.0. The third kappa shape index (κ3) is 6.73. The van der Waals surface area contributed by atoms with Crippen LogP contribution in [-0.2, 0) is 22.4 Å². The number of thiazole rings is 1. The van der Waals surface area contributed by atoms with E-state index in [0.29, 0.717) is 29.8 Å². The van der Waals surface area contributed by atoms with Crippen molar-refractivity contribution >= 4 is 28.3 Å². The number of hydrogen-bond acceptors (Lipinski definition) is 8. The van der Waals surface area contributed by atoms with Gasteiger partial charge in [-0.25, -0.2) is 4.98 Å². The van der Waals surface area contributed by atoms with Gasteiger partial charge in [-0.2, -0.15) is 4.98 Å². The number of ether oxygens (including phenoxy) is 1. The molecule has 0 radical (unpaired) electrons.